The molecule has 6 nitrogen and oxygen atoms in total. The van der Waals surface area contributed by atoms with Crippen LogP contribution in [-0.2, 0) is 4.79 Å². The Labute approximate surface area is 124 Å². The van der Waals surface area contributed by atoms with Crippen LogP contribution in [0.1, 0.15) is 36.7 Å². The first-order chi connectivity index (χ1) is 9.74. The lowest BCUT2D eigenvalue weighted by Crippen LogP contribution is -2.27. The van der Waals surface area contributed by atoms with Crippen molar-refractivity contribution in [2.75, 3.05) is 5.75 Å². The second-order valence-electron chi connectivity index (χ2n) is 4.73. The van der Waals surface area contributed by atoms with Crippen LogP contribution in [0.3, 0.4) is 0 Å². The average Bonchev–Trinajstić information content (AvgIpc) is 2.95. The quantitative estimate of drug-likeness (QED) is 0.827. The third-order valence-corrected chi connectivity index (χ3v) is 5.02. The third-order valence-electron chi connectivity index (χ3n) is 3.04. The molecule has 1 saturated carbocycles. The van der Waals surface area contributed by atoms with Crippen LogP contribution in [0, 0.1) is 0 Å². The van der Waals surface area contributed by atoms with Gasteiger partial charge in [0.15, 0.2) is 0 Å². The molecule has 1 atom stereocenters. The Kier molecular flexibility index (Phi) is 4.02. The van der Waals surface area contributed by atoms with E-state index in [4.69, 9.17) is 0 Å². The molecule has 0 saturated heterocycles. The van der Waals surface area contributed by atoms with Crippen LogP contribution in [0.5, 0.6) is 0 Å². The molecule has 106 valence electrons. The lowest BCUT2D eigenvalue weighted by Gasteiger charge is -2.11. The summed E-state index contributed by atoms with van der Waals surface area (Å²) in [6.45, 7) is 1.99. The largest absolute Gasteiger partial charge is 0.348 e. The summed E-state index contributed by atoms with van der Waals surface area (Å²) in [7, 11) is 0. The van der Waals surface area contributed by atoms with Crippen molar-refractivity contribution in [1.82, 2.24) is 25.5 Å². The van der Waals surface area contributed by atoms with E-state index >= 15 is 0 Å². The molecular weight excluding hydrogens is 294 g/mol. The van der Waals surface area contributed by atoms with Gasteiger partial charge in [0.25, 0.3) is 0 Å². The predicted octanol–water partition coefficient (Wildman–Crippen LogP) is 2.04. The number of nitrogens with one attached hydrogen (secondary N) is 1. The van der Waals surface area contributed by atoms with E-state index in [2.05, 4.69) is 20.8 Å². The van der Waals surface area contributed by atoms with Gasteiger partial charge in [-0.3, -0.25) is 4.79 Å². The summed E-state index contributed by atoms with van der Waals surface area (Å²) in [4.78, 5) is 13.1. The molecule has 0 aliphatic heterocycles. The fourth-order valence-electron chi connectivity index (χ4n) is 1.85. The van der Waals surface area contributed by atoms with Crippen LogP contribution in [0.15, 0.2) is 22.7 Å². The summed E-state index contributed by atoms with van der Waals surface area (Å²) in [5.74, 6) is 0.337. The lowest BCUT2D eigenvalue weighted by molar-refractivity contribution is -0.119. The highest BCUT2D eigenvalue weighted by molar-refractivity contribution is 7.99. The Hall–Kier alpha value is -1.41. The van der Waals surface area contributed by atoms with Crippen LogP contribution in [0.25, 0.3) is 0 Å². The molecule has 1 aliphatic rings. The summed E-state index contributed by atoms with van der Waals surface area (Å²) >= 11 is 3.03. The van der Waals surface area contributed by atoms with Crippen LogP contribution in [0.2, 0.25) is 0 Å². The van der Waals surface area contributed by atoms with Crippen LogP contribution >= 0.6 is 23.1 Å². The minimum absolute atomic E-state index is 0.00115. The van der Waals surface area contributed by atoms with E-state index in [0.717, 1.165) is 22.9 Å². The minimum atomic E-state index is 0.00115. The number of rotatable bonds is 6. The Morgan fingerprint density at radius 2 is 2.50 bits per heavy atom. The molecule has 1 aliphatic carbocycles. The lowest BCUT2D eigenvalue weighted by atomic mass is 10.3. The summed E-state index contributed by atoms with van der Waals surface area (Å²) in [5.41, 5.74) is 0. The molecule has 2 aromatic heterocycles. The molecule has 1 N–H and O–H groups in total. The number of hydrogen-bond donors (Lipinski definition) is 1. The molecule has 0 bridgehead atoms. The van der Waals surface area contributed by atoms with E-state index in [9.17, 15) is 4.79 Å². The van der Waals surface area contributed by atoms with Crippen molar-refractivity contribution < 1.29 is 4.79 Å². The maximum Gasteiger partial charge on any atom is 0.230 e. The molecule has 20 heavy (non-hydrogen) atoms. The summed E-state index contributed by atoms with van der Waals surface area (Å²) in [5, 5.41) is 17.3. The van der Waals surface area contributed by atoms with Gasteiger partial charge in [0.2, 0.25) is 11.1 Å². The van der Waals surface area contributed by atoms with E-state index in [-0.39, 0.29) is 11.9 Å². The molecule has 0 aromatic carbocycles. The summed E-state index contributed by atoms with van der Waals surface area (Å²) in [6, 6.07) is 4.49. The normalized spacial score (nSPS) is 16.1. The Morgan fingerprint density at radius 1 is 1.65 bits per heavy atom. The van der Waals surface area contributed by atoms with E-state index in [1.54, 1.807) is 11.3 Å². The van der Waals surface area contributed by atoms with Gasteiger partial charge in [0.05, 0.1) is 17.8 Å². The van der Waals surface area contributed by atoms with Crippen LogP contribution in [-0.4, -0.2) is 31.9 Å². The molecule has 0 radical (unpaired) electrons. The molecule has 1 amide bonds. The number of hydrogen-bond acceptors (Lipinski definition) is 6. The zero-order valence-electron chi connectivity index (χ0n) is 11.0. The Bertz CT molecular complexity index is 578. The van der Waals surface area contributed by atoms with Crippen molar-refractivity contribution in [1.29, 1.82) is 0 Å². The monoisotopic (exact) mass is 309 g/mol. The third kappa shape index (κ3) is 3.18. The number of nitrogens with zero attached hydrogens (tertiary/aromatic N) is 4. The fraction of sp³-hybridized carbons (Fsp3) is 0.500. The zero-order valence-corrected chi connectivity index (χ0v) is 12.7. The van der Waals surface area contributed by atoms with Crippen molar-refractivity contribution in [3.63, 3.8) is 0 Å². The number of aromatic nitrogens is 4. The van der Waals surface area contributed by atoms with Gasteiger partial charge in [-0.25, -0.2) is 4.68 Å². The number of thioether (sulfide) groups is 1. The van der Waals surface area contributed by atoms with Gasteiger partial charge in [-0.15, -0.1) is 16.4 Å². The van der Waals surface area contributed by atoms with Crippen LogP contribution in [0.4, 0.5) is 0 Å². The highest BCUT2D eigenvalue weighted by Crippen LogP contribution is 2.36. The van der Waals surface area contributed by atoms with Crippen molar-refractivity contribution in [2.24, 2.45) is 0 Å². The number of carbonyl (C=O) groups excluding carboxylic acids is 1. The number of thiophene rings is 1. The molecule has 1 fully saturated rings. The second kappa shape index (κ2) is 5.92. The van der Waals surface area contributed by atoms with Gasteiger partial charge in [-0.05, 0) is 41.6 Å². The molecular formula is C12H15N5OS2. The fourth-order valence-corrected chi connectivity index (χ4v) is 3.34. The molecule has 2 aromatic rings. The van der Waals surface area contributed by atoms with Crippen molar-refractivity contribution in [2.45, 2.75) is 37.0 Å². The molecule has 2 heterocycles. The van der Waals surface area contributed by atoms with Gasteiger partial charge < -0.3 is 5.32 Å². The van der Waals surface area contributed by atoms with E-state index in [1.165, 1.54) is 11.8 Å². The van der Waals surface area contributed by atoms with E-state index < -0.39 is 0 Å². The minimum Gasteiger partial charge on any atom is -0.348 e. The van der Waals surface area contributed by atoms with Gasteiger partial charge >= 0.3 is 0 Å². The highest BCUT2D eigenvalue weighted by atomic mass is 32.2. The van der Waals surface area contributed by atoms with E-state index in [0.29, 0.717) is 11.8 Å². The number of carbonyl (C=O) groups is 1. The average molecular weight is 309 g/mol. The number of tetrazole rings is 1. The Balaban J connectivity index is 1.50. The SMILES string of the molecule is C[C@H](NC(=O)CSc1nnnn1C1CC1)c1cccs1. The topological polar surface area (TPSA) is 72.7 Å². The van der Waals surface area contributed by atoms with Crippen molar-refractivity contribution in [3.8, 4) is 0 Å². The van der Waals surface area contributed by atoms with Gasteiger partial charge in [0.1, 0.15) is 0 Å². The summed E-state index contributed by atoms with van der Waals surface area (Å²) in [6.07, 6.45) is 2.25. The first-order valence-electron chi connectivity index (χ1n) is 6.47. The van der Waals surface area contributed by atoms with Gasteiger partial charge in [-0.1, -0.05) is 17.8 Å². The smallest absolute Gasteiger partial charge is 0.230 e. The van der Waals surface area contributed by atoms with Crippen molar-refractivity contribution >= 4 is 29.0 Å². The predicted molar refractivity (Wildman–Crippen MR) is 77.7 cm³/mol. The van der Waals surface area contributed by atoms with Crippen molar-refractivity contribution in [3.05, 3.63) is 22.4 Å². The van der Waals surface area contributed by atoms with E-state index in [1.807, 2.05) is 29.1 Å². The second-order valence-corrected chi connectivity index (χ2v) is 6.65. The standard InChI is InChI=1S/C12H15N5OS2/c1-8(10-3-2-6-19-10)13-11(18)7-20-12-14-15-16-17(12)9-4-5-9/h2-3,6,8-9H,4-5,7H2,1H3,(H,13,18)/t8-/m0/s1. The molecule has 0 spiro atoms. The number of amides is 1. The van der Waals surface area contributed by atoms with Gasteiger partial charge in [-0.2, -0.15) is 0 Å². The first kappa shape index (κ1) is 13.6. The molecule has 3 rings (SSSR count). The first-order valence-corrected chi connectivity index (χ1v) is 8.34. The van der Waals surface area contributed by atoms with Crippen LogP contribution < -0.4 is 5.32 Å². The van der Waals surface area contributed by atoms with Gasteiger partial charge in [0, 0.05) is 4.88 Å². The maximum absolute atomic E-state index is 11.9. The molecule has 0 unspecified atom stereocenters. The summed E-state index contributed by atoms with van der Waals surface area (Å²) < 4.78 is 1.82. The highest BCUT2D eigenvalue weighted by Gasteiger charge is 2.28. The Morgan fingerprint density at radius 3 is 3.20 bits per heavy atom. The molecule has 8 heteroatoms. The zero-order chi connectivity index (χ0) is 13.9. The maximum atomic E-state index is 11.9.